The monoisotopic (exact) mass is 444 g/mol. The summed E-state index contributed by atoms with van der Waals surface area (Å²) in [6.45, 7) is 8.90. The average Bonchev–Trinajstić information content (AvgIpc) is 3.01. The summed E-state index contributed by atoms with van der Waals surface area (Å²) in [6, 6.07) is 2.28. The molecule has 0 unspecified atom stereocenters. The summed E-state index contributed by atoms with van der Waals surface area (Å²) in [4.78, 5) is 31.7. The van der Waals surface area contributed by atoms with E-state index in [0.717, 1.165) is 37.1 Å². The Morgan fingerprint density at radius 2 is 1.88 bits per heavy atom. The van der Waals surface area contributed by atoms with Crippen LogP contribution in [0.25, 0.3) is 0 Å². The van der Waals surface area contributed by atoms with Crippen LogP contribution in [0.3, 0.4) is 0 Å². The van der Waals surface area contributed by atoms with E-state index in [1.165, 1.54) is 4.88 Å². The minimum absolute atomic E-state index is 0.0886. The number of piperazine rings is 1. The third-order valence-electron chi connectivity index (χ3n) is 4.65. The molecule has 1 aromatic rings. The van der Waals surface area contributed by atoms with E-state index in [1.807, 2.05) is 19.4 Å². The zero-order chi connectivity index (χ0) is 19.1. The fourth-order valence-corrected chi connectivity index (χ4v) is 4.31. The first-order valence-electron chi connectivity index (χ1n) is 9.08. The summed E-state index contributed by atoms with van der Waals surface area (Å²) in [5, 5.41) is 5.03. The summed E-state index contributed by atoms with van der Waals surface area (Å²) in [5.41, 5.74) is 0. The van der Waals surface area contributed by atoms with Crippen molar-refractivity contribution in [1.82, 2.24) is 20.0 Å². The van der Waals surface area contributed by atoms with Gasteiger partial charge in [-0.15, -0.1) is 11.3 Å². The third-order valence-corrected chi connectivity index (χ3v) is 6.33. The van der Waals surface area contributed by atoms with E-state index in [9.17, 15) is 9.59 Å². The van der Waals surface area contributed by atoms with Gasteiger partial charge in [-0.1, -0.05) is 6.92 Å². The van der Waals surface area contributed by atoms with Crippen molar-refractivity contribution >= 4 is 39.1 Å². The van der Waals surface area contributed by atoms with Gasteiger partial charge in [0.1, 0.15) is 0 Å². The molecule has 1 aromatic heterocycles. The molecule has 0 radical (unpaired) electrons. The molecule has 0 bridgehead atoms. The molecule has 8 heteroatoms. The number of likely N-dealkylation sites (N-methyl/N-ethyl adjacent to an activating group) is 1. The maximum absolute atomic E-state index is 12.4. The normalized spacial score (nSPS) is 17.1. The summed E-state index contributed by atoms with van der Waals surface area (Å²) in [7, 11) is 1.85. The van der Waals surface area contributed by atoms with E-state index in [0.29, 0.717) is 19.6 Å². The average molecular weight is 445 g/mol. The van der Waals surface area contributed by atoms with Crippen LogP contribution in [0, 0.1) is 0 Å². The van der Waals surface area contributed by atoms with E-state index < -0.39 is 0 Å². The Kier molecular flexibility index (Phi) is 8.53. The van der Waals surface area contributed by atoms with Gasteiger partial charge in [0.15, 0.2) is 0 Å². The quantitative estimate of drug-likeness (QED) is 0.665. The largest absolute Gasteiger partial charge is 0.353 e. The van der Waals surface area contributed by atoms with Gasteiger partial charge in [0.25, 0.3) is 0 Å². The van der Waals surface area contributed by atoms with E-state index in [1.54, 1.807) is 16.2 Å². The van der Waals surface area contributed by atoms with Gasteiger partial charge in [-0.25, -0.2) is 0 Å². The second kappa shape index (κ2) is 10.4. The number of carbonyl (C=O) groups is 2. The molecular weight excluding hydrogens is 416 g/mol. The first kappa shape index (κ1) is 21.3. The molecule has 2 rings (SSSR count). The zero-order valence-electron chi connectivity index (χ0n) is 15.8. The predicted octanol–water partition coefficient (Wildman–Crippen LogP) is 2.00. The maximum atomic E-state index is 12.4. The molecule has 0 aliphatic carbocycles. The van der Waals surface area contributed by atoms with Crippen LogP contribution in [0.15, 0.2) is 15.9 Å². The third kappa shape index (κ3) is 6.98. The lowest BCUT2D eigenvalue weighted by molar-refractivity contribution is -0.132. The summed E-state index contributed by atoms with van der Waals surface area (Å²) in [5.74, 6) is 0.225. The number of hydrogen-bond acceptors (Lipinski definition) is 5. The molecule has 0 aromatic carbocycles. The number of thiophene rings is 1. The molecule has 1 atom stereocenters. The lowest BCUT2D eigenvalue weighted by Crippen LogP contribution is -2.52. The zero-order valence-corrected chi connectivity index (χ0v) is 18.2. The molecule has 2 heterocycles. The van der Waals surface area contributed by atoms with Gasteiger partial charge >= 0.3 is 0 Å². The van der Waals surface area contributed by atoms with E-state index in [4.69, 9.17) is 0 Å². The summed E-state index contributed by atoms with van der Waals surface area (Å²) in [6.07, 6.45) is 0.942. The number of carbonyl (C=O) groups excluding carboxylic acids is 2. The molecule has 0 saturated carbocycles. The number of rotatable bonds is 8. The molecule has 2 amide bonds. The van der Waals surface area contributed by atoms with Crippen molar-refractivity contribution in [3.8, 4) is 0 Å². The van der Waals surface area contributed by atoms with Crippen LogP contribution >= 0.6 is 27.3 Å². The molecule has 1 N–H and O–H groups in total. The molecule has 0 spiro atoms. The predicted molar refractivity (Wildman–Crippen MR) is 109 cm³/mol. The van der Waals surface area contributed by atoms with Crippen LogP contribution in [0.4, 0.5) is 0 Å². The Morgan fingerprint density at radius 1 is 1.27 bits per heavy atom. The van der Waals surface area contributed by atoms with Crippen LogP contribution in [0.2, 0.25) is 0 Å². The van der Waals surface area contributed by atoms with Crippen LogP contribution in [0.1, 0.15) is 25.1 Å². The van der Waals surface area contributed by atoms with Gasteiger partial charge < -0.3 is 10.2 Å². The lowest BCUT2D eigenvalue weighted by Gasteiger charge is -2.34. The summed E-state index contributed by atoms with van der Waals surface area (Å²) >= 11 is 5.10. The van der Waals surface area contributed by atoms with E-state index in [2.05, 4.69) is 44.0 Å². The van der Waals surface area contributed by atoms with Crippen molar-refractivity contribution in [2.45, 2.75) is 32.9 Å². The maximum Gasteiger partial charge on any atom is 0.236 e. The van der Waals surface area contributed by atoms with Gasteiger partial charge in [0, 0.05) is 54.0 Å². The Morgan fingerprint density at radius 3 is 2.42 bits per heavy atom. The van der Waals surface area contributed by atoms with Gasteiger partial charge in [-0.05, 0) is 35.3 Å². The Bertz CT molecular complexity index is 602. The van der Waals surface area contributed by atoms with Crippen LogP contribution in [0.5, 0.6) is 0 Å². The minimum atomic E-state index is 0.0886. The van der Waals surface area contributed by atoms with Gasteiger partial charge in [0.05, 0.1) is 19.6 Å². The molecule has 146 valence electrons. The first-order valence-corrected chi connectivity index (χ1v) is 10.8. The van der Waals surface area contributed by atoms with Gasteiger partial charge in [-0.2, -0.15) is 0 Å². The number of nitrogens with zero attached hydrogens (tertiary/aromatic N) is 3. The molecule has 1 fully saturated rings. The van der Waals surface area contributed by atoms with Crippen LogP contribution in [-0.2, 0) is 16.1 Å². The number of nitrogens with one attached hydrogen (secondary N) is 1. The molecule has 1 aliphatic rings. The van der Waals surface area contributed by atoms with Crippen molar-refractivity contribution in [3.63, 3.8) is 0 Å². The highest BCUT2D eigenvalue weighted by Crippen LogP contribution is 2.20. The Balaban J connectivity index is 1.69. The standard InChI is InChI=1S/C18H29BrN4O2S/c1-4-14(2)20-17(24)11-22-5-7-23(8-6-22)12-18(25)21(3)10-16-9-15(19)13-26-16/h9,13-14H,4-8,10-12H2,1-3H3,(H,20,24)/t14-/m1/s1. The van der Waals surface area contributed by atoms with E-state index >= 15 is 0 Å². The fourth-order valence-electron chi connectivity index (χ4n) is 2.80. The Hall–Kier alpha value is -0.960. The van der Waals surface area contributed by atoms with Crippen LogP contribution in [-0.4, -0.2) is 78.9 Å². The number of amides is 2. The molecule has 1 saturated heterocycles. The molecule has 26 heavy (non-hydrogen) atoms. The number of hydrogen-bond donors (Lipinski definition) is 1. The van der Waals surface area contributed by atoms with Crippen molar-refractivity contribution < 1.29 is 9.59 Å². The highest BCUT2D eigenvalue weighted by atomic mass is 79.9. The second-order valence-electron chi connectivity index (χ2n) is 6.91. The summed E-state index contributed by atoms with van der Waals surface area (Å²) < 4.78 is 1.06. The van der Waals surface area contributed by atoms with Crippen molar-refractivity contribution in [1.29, 1.82) is 0 Å². The first-order chi connectivity index (χ1) is 12.4. The fraction of sp³-hybridized carbons (Fsp3) is 0.667. The molecule has 1 aliphatic heterocycles. The van der Waals surface area contributed by atoms with Gasteiger partial charge in [0.2, 0.25) is 11.8 Å². The smallest absolute Gasteiger partial charge is 0.236 e. The second-order valence-corrected chi connectivity index (χ2v) is 8.82. The SMILES string of the molecule is CC[C@@H](C)NC(=O)CN1CCN(CC(=O)N(C)Cc2cc(Br)cs2)CC1. The molecular formula is C18H29BrN4O2S. The van der Waals surface area contributed by atoms with Crippen molar-refractivity contribution in [2.75, 3.05) is 46.3 Å². The lowest BCUT2D eigenvalue weighted by atomic mass is 10.2. The minimum Gasteiger partial charge on any atom is -0.353 e. The Labute approximate surface area is 168 Å². The number of halogens is 1. The topological polar surface area (TPSA) is 55.9 Å². The van der Waals surface area contributed by atoms with E-state index in [-0.39, 0.29) is 17.9 Å². The van der Waals surface area contributed by atoms with Crippen LogP contribution < -0.4 is 5.32 Å². The highest BCUT2D eigenvalue weighted by Gasteiger charge is 2.22. The molecule has 6 nitrogen and oxygen atoms in total. The van der Waals surface area contributed by atoms with Crippen molar-refractivity contribution in [3.05, 3.63) is 20.8 Å². The van der Waals surface area contributed by atoms with Gasteiger partial charge in [-0.3, -0.25) is 19.4 Å². The van der Waals surface area contributed by atoms with Crippen molar-refractivity contribution in [2.24, 2.45) is 0 Å². The highest BCUT2D eigenvalue weighted by molar-refractivity contribution is 9.10.